The fourth-order valence-electron chi connectivity index (χ4n) is 0.922. The van der Waals surface area contributed by atoms with Crippen molar-refractivity contribution in [2.75, 3.05) is 19.8 Å². The van der Waals surface area contributed by atoms with Gasteiger partial charge in [0.1, 0.15) is 0 Å². The predicted octanol–water partition coefficient (Wildman–Crippen LogP) is 1.13. The van der Waals surface area contributed by atoms with Crippen LogP contribution >= 0.6 is 0 Å². The Hall–Kier alpha value is -0.330. The molecule has 0 aliphatic carbocycles. The maximum Gasteiger partial charge on any atom is 0.522 e. The van der Waals surface area contributed by atoms with Gasteiger partial charge in [0, 0.05) is 12.6 Å². The van der Waals surface area contributed by atoms with Crippen LogP contribution in [0, 0.1) is 5.92 Å². The first kappa shape index (κ1) is 13.7. The third-order valence-corrected chi connectivity index (χ3v) is 1.78. The summed E-state index contributed by atoms with van der Waals surface area (Å²) >= 11 is 0. The lowest BCUT2D eigenvalue weighted by molar-refractivity contribution is -0.323. The molecule has 0 radical (unpaired) electrons. The van der Waals surface area contributed by atoms with Crippen molar-refractivity contribution in [3.63, 3.8) is 0 Å². The molecule has 0 heterocycles. The SMILES string of the molecule is CC(C)[C@@H](CO)NCCOC(F)(F)F. The fourth-order valence-corrected chi connectivity index (χ4v) is 0.922. The van der Waals surface area contributed by atoms with Gasteiger partial charge in [0.15, 0.2) is 0 Å². The van der Waals surface area contributed by atoms with Crippen molar-refractivity contribution in [3.8, 4) is 0 Å². The Morgan fingerprint density at radius 2 is 1.93 bits per heavy atom. The van der Waals surface area contributed by atoms with E-state index in [0.717, 1.165) is 0 Å². The molecule has 0 aromatic rings. The van der Waals surface area contributed by atoms with Crippen molar-refractivity contribution in [3.05, 3.63) is 0 Å². The van der Waals surface area contributed by atoms with Gasteiger partial charge in [-0.1, -0.05) is 13.8 Å². The lowest BCUT2D eigenvalue weighted by atomic mass is 10.1. The van der Waals surface area contributed by atoms with E-state index in [9.17, 15) is 13.2 Å². The number of rotatable bonds is 6. The Bertz CT molecular complexity index is 150. The molecule has 0 rings (SSSR count). The Morgan fingerprint density at radius 3 is 2.29 bits per heavy atom. The van der Waals surface area contributed by atoms with E-state index in [0.29, 0.717) is 0 Å². The maximum absolute atomic E-state index is 11.5. The number of halogens is 3. The lowest BCUT2D eigenvalue weighted by Gasteiger charge is -2.19. The van der Waals surface area contributed by atoms with E-state index in [1.54, 1.807) is 0 Å². The maximum atomic E-state index is 11.5. The number of aliphatic hydroxyl groups excluding tert-OH is 1. The largest absolute Gasteiger partial charge is 0.522 e. The third-order valence-electron chi connectivity index (χ3n) is 1.78. The molecular formula is C8H16F3NO2. The first-order valence-electron chi connectivity index (χ1n) is 4.41. The van der Waals surface area contributed by atoms with Gasteiger partial charge < -0.3 is 10.4 Å². The standard InChI is InChI=1S/C8H16F3NO2/c1-6(2)7(5-13)12-3-4-14-8(9,10)11/h6-7,12-13H,3-5H2,1-2H3/t7-/m1/s1. The van der Waals surface area contributed by atoms with Gasteiger partial charge in [0.25, 0.3) is 0 Å². The van der Waals surface area contributed by atoms with Crippen molar-refractivity contribution in [1.82, 2.24) is 5.32 Å². The van der Waals surface area contributed by atoms with Crippen LogP contribution in [-0.2, 0) is 4.74 Å². The van der Waals surface area contributed by atoms with Crippen molar-refractivity contribution in [2.24, 2.45) is 5.92 Å². The summed E-state index contributed by atoms with van der Waals surface area (Å²) in [5.41, 5.74) is 0. The van der Waals surface area contributed by atoms with Gasteiger partial charge in [-0.25, -0.2) is 0 Å². The molecule has 86 valence electrons. The van der Waals surface area contributed by atoms with Crippen LogP contribution < -0.4 is 5.32 Å². The topological polar surface area (TPSA) is 41.5 Å². The summed E-state index contributed by atoms with van der Waals surface area (Å²) in [4.78, 5) is 0. The number of alkyl halides is 3. The van der Waals surface area contributed by atoms with E-state index >= 15 is 0 Å². The van der Waals surface area contributed by atoms with E-state index in [4.69, 9.17) is 5.11 Å². The highest BCUT2D eigenvalue weighted by Crippen LogP contribution is 2.15. The molecule has 0 saturated heterocycles. The zero-order valence-corrected chi connectivity index (χ0v) is 8.27. The molecule has 0 fully saturated rings. The molecule has 3 nitrogen and oxygen atoms in total. The zero-order chi connectivity index (χ0) is 11.2. The number of ether oxygens (including phenoxy) is 1. The summed E-state index contributed by atoms with van der Waals surface area (Å²) < 4.78 is 38.1. The van der Waals surface area contributed by atoms with E-state index in [2.05, 4.69) is 10.1 Å². The van der Waals surface area contributed by atoms with Crippen LogP contribution in [0.15, 0.2) is 0 Å². The molecule has 1 atom stereocenters. The number of nitrogens with one attached hydrogen (secondary N) is 1. The van der Waals surface area contributed by atoms with Gasteiger partial charge in [-0.2, -0.15) is 0 Å². The van der Waals surface area contributed by atoms with Crippen LogP contribution in [0.3, 0.4) is 0 Å². The lowest BCUT2D eigenvalue weighted by Crippen LogP contribution is -2.39. The van der Waals surface area contributed by atoms with Gasteiger partial charge in [0.2, 0.25) is 0 Å². The highest BCUT2D eigenvalue weighted by atomic mass is 19.4. The van der Waals surface area contributed by atoms with Crippen LogP contribution in [0.4, 0.5) is 13.2 Å². The quantitative estimate of drug-likeness (QED) is 0.652. The van der Waals surface area contributed by atoms with E-state index < -0.39 is 13.0 Å². The van der Waals surface area contributed by atoms with Crippen LogP contribution in [0.2, 0.25) is 0 Å². The first-order chi connectivity index (χ1) is 6.37. The monoisotopic (exact) mass is 215 g/mol. The molecule has 0 unspecified atom stereocenters. The molecule has 0 amide bonds. The van der Waals surface area contributed by atoms with Crippen molar-refractivity contribution in [1.29, 1.82) is 0 Å². The molecular weight excluding hydrogens is 199 g/mol. The highest BCUT2D eigenvalue weighted by Gasteiger charge is 2.28. The summed E-state index contributed by atoms with van der Waals surface area (Å²) in [5.74, 6) is 0.172. The number of hydrogen-bond donors (Lipinski definition) is 2. The molecule has 2 N–H and O–H groups in total. The van der Waals surface area contributed by atoms with Gasteiger partial charge in [-0.05, 0) is 5.92 Å². The molecule has 0 aliphatic rings. The van der Waals surface area contributed by atoms with Crippen LogP contribution in [0.1, 0.15) is 13.8 Å². The average molecular weight is 215 g/mol. The smallest absolute Gasteiger partial charge is 0.395 e. The Kier molecular flexibility index (Phi) is 6.06. The van der Waals surface area contributed by atoms with Gasteiger partial charge in [0.05, 0.1) is 13.2 Å². The van der Waals surface area contributed by atoms with Gasteiger partial charge in [-0.15, -0.1) is 13.2 Å². The summed E-state index contributed by atoms with van der Waals surface area (Å²) in [5, 5.41) is 11.6. The van der Waals surface area contributed by atoms with E-state index in [-0.39, 0.29) is 25.1 Å². The molecule has 14 heavy (non-hydrogen) atoms. The second-order valence-corrected chi connectivity index (χ2v) is 3.28. The second-order valence-electron chi connectivity index (χ2n) is 3.28. The number of hydrogen-bond acceptors (Lipinski definition) is 3. The minimum Gasteiger partial charge on any atom is -0.395 e. The summed E-state index contributed by atoms with van der Waals surface area (Å²) in [6, 6.07) is -0.188. The Labute approximate surface area is 81.2 Å². The third kappa shape index (κ3) is 7.11. The van der Waals surface area contributed by atoms with Crippen molar-refractivity contribution < 1.29 is 23.0 Å². The first-order valence-corrected chi connectivity index (χ1v) is 4.41. The summed E-state index contributed by atoms with van der Waals surface area (Å²) in [7, 11) is 0. The van der Waals surface area contributed by atoms with Gasteiger partial charge >= 0.3 is 6.36 Å². The summed E-state index contributed by atoms with van der Waals surface area (Å²) in [6.07, 6.45) is -4.58. The van der Waals surface area contributed by atoms with E-state index in [1.165, 1.54) is 0 Å². The van der Waals surface area contributed by atoms with E-state index in [1.807, 2.05) is 13.8 Å². The molecule has 0 saturated carbocycles. The predicted molar refractivity (Wildman–Crippen MR) is 45.7 cm³/mol. The summed E-state index contributed by atoms with van der Waals surface area (Å²) in [6.45, 7) is 3.29. The number of aliphatic hydroxyl groups is 1. The molecule has 0 spiro atoms. The molecule has 0 aromatic carbocycles. The zero-order valence-electron chi connectivity index (χ0n) is 8.27. The molecule has 0 aliphatic heterocycles. The molecule has 0 aromatic heterocycles. The van der Waals surface area contributed by atoms with Crippen LogP contribution in [0.25, 0.3) is 0 Å². The van der Waals surface area contributed by atoms with Crippen molar-refractivity contribution >= 4 is 0 Å². The van der Waals surface area contributed by atoms with Crippen LogP contribution in [0.5, 0.6) is 0 Å². The molecule has 6 heteroatoms. The molecule has 0 bridgehead atoms. The fraction of sp³-hybridized carbons (Fsp3) is 1.00. The van der Waals surface area contributed by atoms with Gasteiger partial charge in [-0.3, -0.25) is 4.74 Å². The highest BCUT2D eigenvalue weighted by molar-refractivity contribution is 4.68. The Morgan fingerprint density at radius 1 is 1.36 bits per heavy atom. The van der Waals surface area contributed by atoms with Crippen LogP contribution in [-0.4, -0.2) is 37.3 Å². The Balaban J connectivity index is 3.52. The average Bonchev–Trinajstić information content (AvgIpc) is 2.01. The normalized spacial score (nSPS) is 14.8. The van der Waals surface area contributed by atoms with Crippen molar-refractivity contribution in [2.45, 2.75) is 26.3 Å². The minimum atomic E-state index is -4.58. The second kappa shape index (κ2) is 6.21. The minimum absolute atomic E-state index is 0.0723.